The molecule has 16 heavy (non-hydrogen) atoms. The molecule has 1 rings (SSSR count). The molecule has 0 radical (unpaired) electrons. The zero-order valence-electron chi connectivity index (χ0n) is 9.66. The van der Waals surface area contributed by atoms with Crippen LogP contribution in [0.1, 0.15) is 25.3 Å². The van der Waals surface area contributed by atoms with E-state index in [0.717, 1.165) is 24.2 Å². The van der Waals surface area contributed by atoms with E-state index in [1.165, 1.54) is 0 Å². The van der Waals surface area contributed by atoms with Gasteiger partial charge in [-0.2, -0.15) is 0 Å². The molecule has 88 valence electrons. The number of thiocarbonyl (C=S) groups is 1. The lowest BCUT2D eigenvalue weighted by Crippen LogP contribution is -2.10. The summed E-state index contributed by atoms with van der Waals surface area (Å²) in [5.74, 6) is 1.45. The van der Waals surface area contributed by atoms with Crippen LogP contribution >= 0.6 is 12.2 Å². The highest BCUT2D eigenvalue weighted by Crippen LogP contribution is 2.22. The number of hydrogen-bond acceptors (Lipinski definition) is 3. The zero-order chi connectivity index (χ0) is 12.0. The fourth-order valence-corrected chi connectivity index (χ4v) is 1.37. The summed E-state index contributed by atoms with van der Waals surface area (Å²) in [5, 5.41) is 0. The molecule has 0 atom stereocenters. The largest absolute Gasteiger partial charge is 0.497 e. The second kappa shape index (κ2) is 6.33. The average Bonchev–Trinajstić information content (AvgIpc) is 2.29. The molecule has 4 heteroatoms. The maximum absolute atomic E-state index is 5.58. The number of methoxy groups -OCH3 is 1. The Balaban J connectivity index is 2.82. The number of unbranched alkanes of at least 4 members (excludes halogenated alkanes) is 1. The topological polar surface area (TPSA) is 44.5 Å². The van der Waals surface area contributed by atoms with Crippen molar-refractivity contribution in [2.75, 3.05) is 13.7 Å². The Hall–Kier alpha value is -1.29. The van der Waals surface area contributed by atoms with Crippen molar-refractivity contribution < 1.29 is 9.47 Å². The summed E-state index contributed by atoms with van der Waals surface area (Å²) in [4.78, 5) is 0.347. The summed E-state index contributed by atoms with van der Waals surface area (Å²) in [6.45, 7) is 2.82. The molecule has 0 aliphatic carbocycles. The minimum atomic E-state index is 0.347. The minimum Gasteiger partial charge on any atom is -0.497 e. The monoisotopic (exact) mass is 239 g/mol. The first-order valence-corrected chi connectivity index (χ1v) is 5.70. The van der Waals surface area contributed by atoms with Gasteiger partial charge in [0.2, 0.25) is 0 Å². The maximum Gasteiger partial charge on any atom is 0.123 e. The Morgan fingerprint density at radius 3 is 2.56 bits per heavy atom. The molecule has 0 aliphatic heterocycles. The fraction of sp³-hybridized carbons (Fsp3) is 0.417. The minimum absolute atomic E-state index is 0.347. The first kappa shape index (κ1) is 12.8. The molecule has 0 amide bonds. The predicted molar refractivity (Wildman–Crippen MR) is 69.3 cm³/mol. The highest BCUT2D eigenvalue weighted by atomic mass is 32.1. The van der Waals surface area contributed by atoms with Crippen molar-refractivity contribution in [1.82, 2.24) is 0 Å². The van der Waals surface area contributed by atoms with Gasteiger partial charge in [-0.3, -0.25) is 0 Å². The molecule has 0 aromatic heterocycles. The average molecular weight is 239 g/mol. The third kappa shape index (κ3) is 3.70. The van der Waals surface area contributed by atoms with E-state index in [9.17, 15) is 0 Å². The van der Waals surface area contributed by atoms with Crippen LogP contribution in [0.4, 0.5) is 0 Å². The van der Waals surface area contributed by atoms with Gasteiger partial charge in [0.25, 0.3) is 0 Å². The van der Waals surface area contributed by atoms with Gasteiger partial charge in [-0.25, -0.2) is 0 Å². The molecular formula is C12H17NO2S. The summed E-state index contributed by atoms with van der Waals surface area (Å²) in [6, 6.07) is 5.47. The van der Waals surface area contributed by atoms with Gasteiger partial charge in [0.1, 0.15) is 16.5 Å². The van der Waals surface area contributed by atoms with E-state index in [0.29, 0.717) is 17.3 Å². The molecule has 0 unspecified atom stereocenters. The van der Waals surface area contributed by atoms with Gasteiger partial charge in [0.15, 0.2) is 0 Å². The van der Waals surface area contributed by atoms with Crippen molar-refractivity contribution in [2.45, 2.75) is 19.8 Å². The van der Waals surface area contributed by atoms with Gasteiger partial charge in [-0.1, -0.05) is 25.6 Å². The SMILES string of the molecule is CCCCOc1cc(OC)cc(C(N)=S)c1. The highest BCUT2D eigenvalue weighted by molar-refractivity contribution is 7.80. The first-order valence-electron chi connectivity index (χ1n) is 5.29. The number of nitrogens with two attached hydrogens (primary N) is 1. The third-order valence-electron chi connectivity index (χ3n) is 2.17. The summed E-state index contributed by atoms with van der Waals surface area (Å²) < 4.78 is 10.7. The van der Waals surface area contributed by atoms with Crippen LogP contribution in [0.3, 0.4) is 0 Å². The second-order valence-corrected chi connectivity index (χ2v) is 3.90. The van der Waals surface area contributed by atoms with Crippen LogP contribution in [0.25, 0.3) is 0 Å². The Bertz CT molecular complexity index is 366. The summed E-state index contributed by atoms with van der Waals surface area (Å²) in [6.07, 6.45) is 2.13. The Morgan fingerprint density at radius 1 is 1.31 bits per heavy atom. The van der Waals surface area contributed by atoms with Crippen molar-refractivity contribution in [1.29, 1.82) is 0 Å². The molecule has 1 aromatic rings. The van der Waals surface area contributed by atoms with E-state index in [1.54, 1.807) is 13.2 Å². The van der Waals surface area contributed by atoms with Crippen molar-refractivity contribution >= 4 is 17.2 Å². The molecule has 0 saturated heterocycles. The molecule has 0 spiro atoms. The lowest BCUT2D eigenvalue weighted by Gasteiger charge is -2.09. The molecule has 0 aliphatic rings. The van der Waals surface area contributed by atoms with E-state index in [-0.39, 0.29) is 0 Å². The molecule has 3 nitrogen and oxygen atoms in total. The predicted octanol–water partition coefficient (Wildman–Crippen LogP) is 2.51. The quantitative estimate of drug-likeness (QED) is 0.612. The van der Waals surface area contributed by atoms with Crippen molar-refractivity contribution in [3.8, 4) is 11.5 Å². The Morgan fingerprint density at radius 2 is 2.00 bits per heavy atom. The number of ether oxygens (including phenoxy) is 2. The first-order chi connectivity index (χ1) is 7.67. The van der Waals surface area contributed by atoms with E-state index >= 15 is 0 Å². The standard InChI is InChI=1S/C12H17NO2S/c1-3-4-5-15-11-7-9(12(13)16)6-10(8-11)14-2/h6-8H,3-5H2,1-2H3,(H2,13,16). The Labute approximate surface area is 102 Å². The van der Waals surface area contributed by atoms with E-state index < -0.39 is 0 Å². The maximum atomic E-state index is 5.58. The highest BCUT2D eigenvalue weighted by Gasteiger charge is 2.04. The van der Waals surface area contributed by atoms with Crippen molar-refractivity contribution in [3.05, 3.63) is 23.8 Å². The van der Waals surface area contributed by atoms with Crippen molar-refractivity contribution in [2.24, 2.45) is 5.73 Å². The zero-order valence-corrected chi connectivity index (χ0v) is 10.5. The number of rotatable bonds is 6. The van der Waals surface area contributed by atoms with Crippen LogP contribution in [-0.4, -0.2) is 18.7 Å². The lowest BCUT2D eigenvalue weighted by molar-refractivity contribution is 0.307. The van der Waals surface area contributed by atoms with Crippen LogP contribution in [0, 0.1) is 0 Å². The Kier molecular flexibility index (Phi) is 5.05. The van der Waals surface area contributed by atoms with Crippen molar-refractivity contribution in [3.63, 3.8) is 0 Å². The van der Waals surface area contributed by atoms with Gasteiger partial charge < -0.3 is 15.2 Å². The summed E-state index contributed by atoms with van der Waals surface area (Å²) >= 11 is 4.93. The number of benzene rings is 1. The molecule has 1 aromatic carbocycles. The van der Waals surface area contributed by atoms with E-state index in [1.807, 2.05) is 12.1 Å². The van der Waals surface area contributed by atoms with E-state index in [4.69, 9.17) is 27.4 Å². The molecule has 0 heterocycles. The smallest absolute Gasteiger partial charge is 0.123 e. The third-order valence-corrected chi connectivity index (χ3v) is 2.40. The second-order valence-electron chi connectivity index (χ2n) is 3.46. The van der Waals surface area contributed by atoms with Gasteiger partial charge >= 0.3 is 0 Å². The molecule has 0 fully saturated rings. The van der Waals surface area contributed by atoms with E-state index in [2.05, 4.69) is 6.92 Å². The number of hydrogen-bond donors (Lipinski definition) is 1. The van der Waals surface area contributed by atoms with Gasteiger partial charge in [0, 0.05) is 11.6 Å². The van der Waals surface area contributed by atoms with Gasteiger partial charge in [0.05, 0.1) is 13.7 Å². The molecule has 0 saturated carbocycles. The fourth-order valence-electron chi connectivity index (χ4n) is 1.25. The normalized spacial score (nSPS) is 9.88. The van der Waals surface area contributed by atoms with Crippen LogP contribution < -0.4 is 15.2 Å². The lowest BCUT2D eigenvalue weighted by atomic mass is 10.2. The van der Waals surface area contributed by atoms with Gasteiger partial charge in [-0.05, 0) is 18.6 Å². The van der Waals surface area contributed by atoms with Crippen LogP contribution in [0.15, 0.2) is 18.2 Å². The summed E-state index contributed by atoms with van der Waals surface area (Å²) in [7, 11) is 1.61. The van der Waals surface area contributed by atoms with Gasteiger partial charge in [-0.15, -0.1) is 0 Å². The van der Waals surface area contributed by atoms with Crippen LogP contribution in [0.5, 0.6) is 11.5 Å². The molecule has 2 N–H and O–H groups in total. The van der Waals surface area contributed by atoms with Crippen LogP contribution in [0.2, 0.25) is 0 Å². The van der Waals surface area contributed by atoms with Crippen LogP contribution in [-0.2, 0) is 0 Å². The summed E-state index contributed by atoms with van der Waals surface area (Å²) in [5.41, 5.74) is 6.35. The molecular weight excluding hydrogens is 222 g/mol. The molecule has 0 bridgehead atoms.